The largest absolute Gasteiger partial charge is 0.491 e. The minimum Gasteiger partial charge on any atom is -0.491 e. The van der Waals surface area contributed by atoms with E-state index in [1.54, 1.807) is 0 Å². The first-order valence-electron chi connectivity index (χ1n) is 9.62. The Labute approximate surface area is 166 Å². The Balaban J connectivity index is 1.39. The van der Waals surface area contributed by atoms with Gasteiger partial charge in [-0.05, 0) is 55.3 Å². The molecule has 1 aromatic heterocycles. The van der Waals surface area contributed by atoms with Crippen LogP contribution in [0.15, 0.2) is 40.7 Å². The van der Waals surface area contributed by atoms with Gasteiger partial charge in [-0.15, -0.1) is 11.3 Å². The summed E-state index contributed by atoms with van der Waals surface area (Å²) in [7, 11) is 1.82. The van der Waals surface area contributed by atoms with Crippen molar-refractivity contribution in [3.05, 3.63) is 46.8 Å². The molecule has 27 heavy (non-hydrogen) atoms. The van der Waals surface area contributed by atoms with Gasteiger partial charge in [0.2, 0.25) is 0 Å². The van der Waals surface area contributed by atoms with Crippen LogP contribution in [0.1, 0.15) is 24.0 Å². The van der Waals surface area contributed by atoms with E-state index in [0.717, 1.165) is 44.2 Å². The first-order valence-corrected chi connectivity index (χ1v) is 10.5. The number of aryl methyl sites for hydroxylation is 2. The zero-order valence-electron chi connectivity index (χ0n) is 16.5. The zero-order valence-corrected chi connectivity index (χ0v) is 17.3. The Bertz CT molecular complexity index is 716. The number of nitrogens with zero attached hydrogens (tertiary/aromatic N) is 2. The van der Waals surface area contributed by atoms with Crippen LogP contribution in [0.3, 0.4) is 0 Å². The maximum Gasteiger partial charge on any atom is 0.191 e. The number of aliphatic imine (C=N–C) groups is 1. The van der Waals surface area contributed by atoms with Gasteiger partial charge >= 0.3 is 0 Å². The lowest BCUT2D eigenvalue weighted by atomic mass is 10.1. The molecule has 1 aliphatic heterocycles. The fourth-order valence-electron chi connectivity index (χ4n) is 3.43. The Morgan fingerprint density at radius 1 is 1.19 bits per heavy atom. The molecule has 0 bridgehead atoms. The smallest absolute Gasteiger partial charge is 0.191 e. The molecule has 0 saturated carbocycles. The second-order valence-corrected chi connectivity index (χ2v) is 7.85. The van der Waals surface area contributed by atoms with E-state index in [4.69, 9.17) is 4.74 Å². The Morgan fingerprint density at radius 3 is 2.56 bits per heavy atom. The normalized spacial score (nSPS) is 15.7. The summed E-state index contributed by atoms with van der Waals surface area (Å²) < 4.78 is 5.96. The van der Waals surface area contributed by atoms with Gasteiger partial charge in [-0.3, -0.25) is 4.99 Å². The molecule has 3 rings (SSSR count). The highest BCUT2D eigenvalue weighted by molar-refractivity contribution is 7.14. The molecule has 0 spiro atoms. The van der Waals surface area contributed by atoms with Crippen molar-refractivity contribution in [2.24, 2.45) is 4.99 Å². The quantitative estimate of drug-likeness (QED) is 0.453. The number of benzene rings is 1. The average molecular weight is 387 g/mol. The van der Waals surface area contributed by atoms with Crippen molar-refractivity contribution in [1.82, 2.24) is 10.6 Å². The molecule has 1 aliphatic rings. The summed E-state index contributed by atoms with van der Waals surface area (Å²) in [4.78, 5) is 6.83. The molecule has 0 unspecified atom stereocenters. The molecule has 0 aliphatic carbocycles. The molecule has 1 saturated heterocycles. The number of rotatable bonds is 6. The van der Waals surface area contributed by atoms with E-state index in [1.807, 2.05) is 18.4 Å². The first kappa shape index (κ1) is 19.5. The molecule has 6 heteroatoms. The fourth-order valence-corrected chi connectivity index (χ4v) is 4.22. The maximum atomic E-state index is 5.96. The van der Waals surface area contributed by atoms with E-state index >= 15 is 0 Å². The summed E-state index contributed by atoms with van der Waals surface area (Å²) in [5, 5.41) is 10.4. The summed E-state index contributed by atoms with van der Waals surface area (Å²) >= 11 is 1.82. The van der Waals surface area contributed by atoms with Gasteiger partial charge < -0.3 is 20.3 Å². The first-order chi connectivity index (χ1) is 13.2. The van der Waals surface area contributed by atoms with Crippen LogP contribution >= 0.6 is 11.3 Å². The second-order valence-electron chi connectivity index (χ2n) is 6.93. The third-order valence-electron chi connectivity index (χ3n) is 4.93. The number of thiophene rings is 1. The highest BCUT2D eigenvalue weighted by atomic mass is 32.1. The van der Waals surface area contributed by atoms with Gasteiger partial charge in [-0.1, -0.05) is 18.2 Å². The van der Waals surface area contributed by atoms with Gasteiger partial charge in [-0.2, -0.15) is 0 Å². The molecule has 0 atom stereocenters. The minimum atomic E-state index is 0.465. The monoisotopic (exact) mass is 386 g/mol. The fraction of sp³-hybridized carbons (Fsp3) is 0.476. The zero-order chi connectivity index (χ0) is 19.1. The number of ether oxygens (including phenoxy) is 1. The second kappa shape index (κ2) is 9.65. The lowest BCUT2D eigenvalue weighted by Gasteiger charge is -2.33. The number of para-hydroxylation sites is 1. The van der Waals surface area contributed by atoms with Crippen molar-refractivity contribution in [1.29, 1.82) is 0 Å². The maximum absolute atomic E-state index is 5.96. The van der Waals surface area contributed by atoms with E-state index in [0.29, 0.717) is 12.6 Å². The Hall–Kier alpha value is -2.21. The van der Waals surface area contributed by atoms with Crippen LogP contribution in [0.25, 0.3) is 0 Å². The third-order valence-corrected chi connectivity index (χ3v) is 5.86. The number of anilines is 1. The van der Waals surface area contributed by atoms with E-state index in [1.165, 1.54) is 16.1 Å². The molecule has 2 heterocycles. The third kappa shape index (κ3) is 5.39. The van der Waals surface area contributed by atoms with Crippen LogP contribution in [0.5, 0.6) is 5.75 Å². The number of hydrogen-bond acceptors (Lipinski definition) is 4. The van der Waals surface area contributed by atoms with Gasteiger partial charge in [0.25, 0.3) is 0 Å². The van der Waals surface area contributed by atoms with Crippen molar-refractivity contribution in [3.63, 3.8) is 0 Å². The van der Waals surface area contributed by atoms with Crippen LogP contribution in [0.4, 0.5) is 5.00 Å². The number of guanidine groups is 1. The van der Waals surface area contributed by atoms with E-state index in [9.17, 15) is 0 Å². The van der Waals surface area contributed by atoms with Gasteiger partial charge in [-0.25, -0.2) is 0 Å². The predicted molar refractivity (Wildman–Crippen MR) is 115 cm³/mol. The molecular formula is C21H30N4OS. The van der Waals surface area contributed by atoms with Gasteiger partial charge in [0, 0.05) is 26.2 Å². The molecule has 0 amide bonds. The number of hydrogen-bond donors (Lipinski definition) is 2. The van der Waals surface area contributed by atoms with Gasteiger partial charge in [0.1, 0.15) is 12.4 Å². The van der Waals surface area contributed by atoms with Crippen molar-refractivity contribution >= 4 is 22.3 Å². The molecule has 2 N–H and O–H groups in total. The van der Waals surface area contributed by atoms with Crippen molar-refractivity contribution in [2.75, 3.05) is 38.2 Å². The van der Waals surface area contributed by atoms with Crippen molar-refractivity contribution in [3.8, 4) is 5.75 Å². The number of nitrogens with one attached hydrogen (secondary N) is 2. The number of piperidine rings is 1. The highest BCUT2D eigenvalue weighted by Crippen LogP contribution is 2.25. The molecule has 2 aromatic rings. The van der Waals surface area contributed by atoms with E-state index in [2.05, 4.69) is 70.1 Å². The van der Waals surface area contributed by atoms with E-state index in [-0.39, 0.29) is 0 Å². The standard InChI is InChI=1S/C21H30N4OS/c1-16-6-4-7-17(2)20(16)26-14-11-23-21(22-3)24-18-9-12-25(13-10-18)19-8-5-15-27-19/h4-8,15,18H,9-14H2,1-3H3,(H2,22,23,24). The summed E-state index contributed by atoms with van der Waals surface area (Å²) in [6.07, 6.45) is 2.25. The molecule has 5 nitrogen and oxygen atoms in total. The SMILES string of the molecule is CN=C(NCCOc1c(C)cccc1C)NC1CCN(c2cccs2)CC1. The molecule has 1 aromatic carbocycles. The molecule has 0 radical (unpaired) electrons. The predicted octanol–water partition coefficient (Wildman–Crippen LogP) is 3.58. The summed E-state index contributed by atoms with van der Waals surface area (Å²) in [5.41, 5.74) is 2.35. The summed E-state index contributed by atoms with van der Waals surface area (Å²) in [5.74, 6) is 1.85. The molecular weight excluding hydrogens is 356 g/mol. The Morgan fingerprint density at radius 2 is 1.93 bits per heavy atom. The lowest BCUT2D eigenvalue weighted by Crippen LogP contribution is -2.49. The molecule has 146 valence electrons. The lowest BCUT2D eigenvalue weighted by molar-refractivity contribution is 0.317. The average Bonchev–Trinajstić information content (AvgIpc) is 3.21. The highest BCUT2D eigenvalue weighted by Gasteiger charge is 2.20. The van der Waals surface area contributed by atoms with Crippen LogP contribution in [0, 0.1) is 13.8 Å². The van der Waals surface area contributed by atoms with Gasteiger partial charge in [0.05, 0.1) is 11.5 Å². The van der Waals surface area contributed by atoms with Gasteiger partial charge in [0.15, 0.2) is 5.96 Å². The van der Waals surface area contributed by atoms with E-state index < -0.39 is 0 Å². The Kier molecular flexibility index (Phi) is 6.98. The van der Waals surface area contributed by atoms with Crippen LogP contribution in [0.2, 0.25) is 0 Å². The van der Waals surface area contributed by atoms with Crippen LogP contribution in [-0.4, -0.2) is 45.3 Å². The summed E-state index contributed by atoms with van der Waals surface area (Å²) in [6.45, 7) is 7.68. The van der Waals surface area contributed by atoms with Crippen LogP contribution < -0.4 is 20.3 Å². The minimum absolute atomic E-state index is 0.465. The molecule has 1 fully saturated rings. The van der Waals surface area contributed by atoms with Crippen LogP contribution in [-0.2, 0) is 0 Å². The van der Waals surface area contributed by atoms with Crippen molar-refractivity contribution in [2.45, 2.75) is 32.7 Å². The van der Waals surface area contributed by atoms with Crippen molar-refractivity contribution < 1.29 is 4.74 Å². The summed E-state index contributed by atoms with van der Waals surface area (Å²) in [6, 6.07) is 11.0. The topological polar surface area (TPSA) is 48.9 Å².